The summed E-state index contributed by atoms with van der Waals surface area (Å²) in [4.78, 5) is 6.72. The van der Waals surface area contributed by atoms with Crippen molar-refractivity contribution in [2.75, 3.05) is 43.0 Å². The second kappa shape index (κ2) is 6.83. The van der Waals surface area contributed by atoms with E-state index in [-0.39, 0.29) is 0 Å². The van der Waals surface area contributed by atoms with Gasteiger partial charge in [-0.2, -0.15) is 11.8 Å². The number of thioether (sulfide) groups is 1. The summed E-state index contributed by atoms with van der Waals surface area (Å²) >= 11 is 11.5. The molecule has 0 atom stereocenters. The number of nitrogens with zero attached hydrogens (tertiary/aromatic N) is 2. The number of nitrogens with one attached hydrogen (secondary N) is 1. The van der Waals surface area contributed by atoms with Gasteiger partial charge >= 0.3 is 0 Å². The van der Waals surface area contributed by atoms with Crippen LogP contribution in [0.2, 0.25) is 5.02 Å². The Hall–Kier alpha value is 0.0300. The van der Waals surface area contributed by atoms with Gasteiger partial charge in [-0.05, 0) is 22.0 Å². The van der Waals surface area contributed by atoms with Crippen molar-refractivity contribution in [1.29, 1.82) is 0 Å². The van der Waals surface area contributed by atoms with Crippen molar-refractivity contribution >= 4 is 45.1 Å². The number of pyridine rings is 1. The van der Waals surface area contributed by atoms with E-state index in [0.29, 0.717) is 5.02 Å². The van der Waals surface area contributed by atoms with Crippen molar-refractivity contribution in [2.45, 2.75) is 0 Å². The molecule has 94 valence electrons. The molecule has 6 heteroatoms. The maximum atomic E-state index is 6.08. The Balaban J connectivity index is 1.77. The number of hydrogen-bond acceptors (Lipinski definition) is 4. The molecule has 0 aliphatic carbocycles. The average Bonchev–Trinajstić information content (AvgIpc) is 2.33. The molecule has 0 bridgehead atoms. The quantitative estimate of drug-likeness (QED) is 0.915. The number of halogens is 2. The van der Waals surface area contributed by atoms with Gasteiger partial charge < -0.3 is 5.32 Å². The Morgan fingerprint density at radius 3 is 2.94 bits per heavy atom. The van der Waals surface area contributed by atoms with Gasteiger partial charge in [0, 0.05) is 48.4 Å². The zero-order valence-electron chi connectivity index (χ0n) is 9.46. The maximum Gasteiger partial charge on any atom is 0.144 e. The molecule has 0 spiro atoms. The highest BCUT2D eigenvalue weighted by molar-refractivity contribution is 9.10. The van der Waals surface area contributed by atoms with Gasteiger partial charge in [0.25, 0.3) is 0 Å². The first-order chi connectivity index (χ1) is 8.25. The van der Waals surface area contributed by atoms with Crippen molar-refractivity contribution in [3.05, 3.63) is 21.8 Å². The van der Waals surface area contributed by atoms with Crippen molar-refractivity contribution in [2.24, 2.45) is 0 Å². The second-order valence-electron chi connectivity index (χ2n) is 3.86. The van der Waals surface area contributed by atoms with Gasteiger partial charge in [-0.3, -0.25) is 4.90 Å². The van der Waals surface area contributed by atoms with Crippen LogP contribution >= 0.6 is 39.3 Å². The smallest absolute Gasteiger partial charge is 0.144 e. The van der Waals surface area contributed by atoms with Gasteiger partial charge in [0.05, 0.1) is 5.02 Å². The van der Waals surface area contributed by atoms with Gasteiger partial charge in [0.1, 0.15) is 5.82 Å². The topological polar surface area (TPSA) is 28.2 Å². The van der Waals surface area contributed by atoms with Crippen molar-refractivity contribution in [1.82, 2.24) is 9.88 Å². The summed E-state index contributed by atoms with van der Waals surface area (Å²) in [5, 5.41) is 3.94. The van der Waals surface area contributed by atoms with E-state index in [1.807, 2.05) is 17.8 Å². The van der Waals surface area contributed by atoms with Gasteiger partial charge in [-0.25, -0.2) is 4.98 Å². The average molecular weight is 337 g/mol. The molecular formula is C11H15BrClN3S. The van der Waals surface area contributed by atoms with Crippen LogP contribution in [0.15, 0.2) is 16.7 Å². The third-order valence-electron chi connectivity index (χ3n) is 2.63. The molecule has 1 aromatic heterocycles. The minimum atomic E-state index is 0.661. The highest BCUT2D eigenvalue weighted by Gasteiger charge is 2.09. The summed E-state index contributed by atoms with van der Waals surface area (Å²) in [6.45, 7) is 4.31. The standard InChI is InChI=1S/C11H15BrClN3S/c12-9-7-10(13)11(15-8-9)14-1-2-16-3-5-17-6-4-16/h7-8H,1-6H2,(H,14,15). The Morgan fingerprint density at radius 1 is 1.47 bits per heavy atom. The molecule has 0 saturated carbocycles. The van der Waals surface area contributed by atoms with Gasteiger partial charge in [-0.1, -0.05) is 11.6 Å². The summed E-state index contributed by atoms with van der Waals surface area (Å²) in [5.74, 6) is 3.26. The lowest BCUT2D eigenvalue weighted by Crippen LogP contribution is -2.36. The Morgan fingerprint density at radius 2 is 2.24 bits per heavy atom. The molecule has 1 N–H and O–H groups in total. The van der Waals surface area contributed by atoms with Gasteiger partial charge in [0.2, 0.25) is 0 Å². The predicted molar refractivity (Wildman–Crippen MR) is 79.2 cm³/mol. The lowest BCUT2D eigenvalue weighted by atomic mass is 10.4. The first-order valence-corrected chi connectivity index (χ1v) is 7.93. The second-order valence-corrected chi connectivity index (χ2v) is 6.41. The molecule has 1 aliphatic rings. The van der Waals surface area contributed by atoms with Crippen LogP contribution in [0.4, 0.5) is 5.82 Å². The van der Waals surface area contributed by atoms with Crippen LogP contribution in [0.3, 0.4) is 0 Å². The van der Waals surface area contributed by atoms with Crippen LogP contribution < -0.4 is 5.32 Å². The fraction of sp³-hybridized carbons (Fsp3) is 0.545. The van der Waals surface area contributed by atoms with E-state index >= 15 is 0 Å². The van der Waals surface area contributed by atoms with Crippen molar-refractivity contribution in [3.63, 3.8) is 0 Å². The van der Waals surface area contributed by atoms with E-state index in [4.69, 9.17) is 11.6 Å². The van der Waals surface area contributed by atoms with Crippen LogP contribution in [0.25, 0.3) is 0 Å². The van der Waals surface area contributed by atoms with Crippen LogP contribution in [0.5, 0.6) is 0 Å². The molecule has 1 aromatic rings. The predicted octanol–water partition coefficient (Wildman–Crippen LogP) is 2.96. The SMILES string of the molecule is Clc1cc(Br)cnc1NCCN1CCSCC1. The number of rotatable bonds is 4. The molecule has 0 aromatic carbocycles. The maximum absolute atomic E-state index is 6.08. The lowest BCUT2D eigenvalue weighted by molar-refractivity contribution is 0.314. The third-order valence-corrected chi connectivity index (χ3v) is 4.30. The van der Waals surface area contributed by atoms with Crippen LogP contribution in [-0.2, 0) is 0 Å². The Labute approximate surface area is 119 Å². The van der Waals surface area contributed by atoms with Crippen LogP contribution in [-0.4, -0.2) is 47.6 Å². The lowest BCUT2D eigenvalue weighted by Gasteiger charge is -2.26. The summed E-state index contributed by atoms with van der Waals surface area (Å²) < 4.78 is 0.904. The summed E-state index contributed by atoms with van der Waals surface area (Å²) in [6, 6.07) is 1.86. The zero-order chi connectivity index (χ0) is 12.1. The van der Waals surface area contributed by atoms with E-state index in [9.17, 15) is 0 Å². The monoisotopic (exact) mass is 335 g/mol. The van der Waals surface area contributed by atoms with Crippen LogP contribution in [0, 0.1) is 0 Å². The molecule has 2 rings (SSSR count). The molecule has 0 amide bonds. The summed E-state index contributed by atoms with van der Waals surface area (Å²) in [7, 11) is 0. The van der Waals surface area contributed by atoms with E-state index in [2.05, 4.69) is 31.1 Å². The van der Waals surface area contributed by atoms with Gasteiger partial charge in [0.15, 0.2) is 0 Å². The first kappa shape index (κ1) is 13.5. The fourth-order valence-corrected chi connectivity index (χ4v) is 3.38. The summed E-state index contributed by atoms with van der Waals surface area (Å²) in [6.07, 6.45) is 1.76. The van der Waals surface area contributed by atoms with E-state index in [1.54, 1.807) is 6.20 Å². The normalized spacial score (nSPS) is 17.1. The number of anilines is 1. The molecule has 17 heavy (non-hydrogen) atoms. The zero-order valence-corrected chi connectivity index (χ0v) is 12.6. The highest BCUT2D eigenvalue weighted by Crippen LogP contribution is 2.22. The number of hydrogen-bond donors (Lipinski definition) is 1. The minimum absolute atomic E-state index is 0.661. The van der Waals surface area contributed by atoms with Gasteiger partial charge in [-0.15, -0.1) is 0 Å². The minimum Gasteiger partial charge on any atom is -0.368 e. The van der Waals surface area contributed by atoms with E-state index in [1.165, 1.54) is 24.6 Å². The van der Waals surface area contributed by atoms with Crippen molar-refractivity contribution in [3.8, 4) is 0 Å². The highest BCUT2D eigenvalue weighted by atomic mass is 79.9. The fourth-order valence-electron chi connectivity index (χ4n) is 1.70. The molecule has 1 fully saturated rings. The molecule has 1 saturated heterocycles. The van der Waals surface area contributed by atoms with E-state index < -0.39 is 0 Å². The molecule has 1 aliphatic heterocycles. The molecular weight excluding hydrogens is 322 g/mol. The first-order valence-electron chi connectivity index (χ1n) is 5.61. The van der Waals surface area contributed by atoms with Crippen molar-refractivity contribution < 1.29 is 0 Å². The Bertz CT molecular complexity index is 372. The van der Waals surface area contributed by atoms with E-state index in [0.717, 1.165) is 23.4 Å². The third kappa shape index (κ3) is 4.32. The number of aromatic nitrogens is 1. The molecule has 3 nitrogen and oxygen atoms in total. The largest absolute Gasteiger partial charge is 0.368 e. The Kier molecular flexibility index (Phi) is 5.41. The summed E-state index contributed by atoms with van der Waals surface area (Å²) in [5.41, 5.74) is 0. The molecule has 0 unspecified atom stereocenters. The molecule has 0 radical (unpaired) electrons. The molecule has 2 heterocycles. The van der Waals surface area contributed by atoms with Crippen LogP contribution in [0.1, 0.15) is 0 Å².